The number of carbonyl (C=O) groups is 2. The summed E-state index contributed by atoms with van der Waals surface area (Å²) in [6.07, 6.45) is 2.65. The molecular weight excluding hydrogens is 412 g/mol. The Kier molecular flexibility index (Phi) is 5.13. The third-order valence-corrected chi connectivity index (χ3v) is 9.70. The maximum absolute atomic E-state index is 12.5. The molecule has 0 bridgehead atoms. The molecule has 0 spiro atoms. The number of allylic oxidation sites excluding steroid dienone is 2. The molecule has 0 aliphatic heterocycles. The fraction of sp³-hybridized carbons (Fsp3) is 0. The first-order chi connectivity index (χ1) is 15.7. The number of fused-ring (bicyclic) bond motifs is 1. The lowest BCUT2D eigenvalue weighted by atomic mass is 9.95. The quantitative estimate of drug-likeness (QED) is 0.357. The number of hydrogen-bond donors (Lipinski definition) is 0. The Labute approximate surface area is 187 Å². The summed E-state index contributed by atoms with van der Waals surface area (Å²) >= 11 is 0. The molecule has 4 heteroatoms. The SMILES string of the molecule is O=C1C=CC(=O)c2cc(O[Si](c3ccccc3)(c3ccccc3)c3ccccc3)ccc21. The maximum Gasteiger partial charge on any atom is 0.346 e. The minimum Gasteiger partial charge on any atom is -0.530 e. The van der Waals surface area contributed by atoms with Crippen LogP contribution in [0.15, 0.2) is 121 Å². The van der Waals surface area contributed by atoms with E-state index in [0.29, 0.717) is 16.9 Å². The first kappa shape index (κ1) is 19.9. The molecule has 0 heterocycles. The van der Waals surface area contributed by atoms with E-state index >= 15 is 0 Å². The summed E-state index contributed by atoms with van der Waals surface area (Å²) in [5, 5.41) is 3.28. The van der Waals surface area contributed by atoms with E-state index in [4.69, 9.17) is 4.43 Å². The van der Waals surface area contributed by atoms with E-state index in [2.05, 4.69) is 36.4 Å². The van der Waals surface area contributed by atoms with Crippen molar-refractivity contribution in [2.24, 2.45) is 0 Å². The van der Waals surface area contributed by atoms with Gasteiger partial charge in [0.05, 0.1) is 0 Å². The predicted molar refractivity (Wildman–Crippen MR) is 129 cm³/mol. The number of benzene rings is 4. The molecule has 4 aromatic rings. The molecule has 4 aromatic carbocycles. The number of rotatable bonds is 5. The van der Waals surface area contributed by atoms with Gasteiger partial charge in [-0.05, 0) is 45.9 Å². The predicted octanol–water partition coefficient (Wildman–Crippen LogP) is 3.67. The summed E-state index contributed by atoms with van der Waals surface area (Å²) in [6.45, 7) is 0. The highest BCUT2D eigenvalue weighted by Crippen LogP contribution is 2.25. The molecule has 0 N–H and O–H groups in total. The van der Waals surface area contributed by atoms with E-state index in [1.807, 2.05) is 54.6 Å². The van der Waals surface area contributed by atoms with Crippen molar-refractivity contribution in [1.82, 2.24) is 0 Å². The zero-order chi connectivity index (χ0) is 22.0. The Balaban J connectivity index is 1.74. The largest absolute Gasteiger partial charge is 0.530 e. The Morgan fingerprint density at radius 1 is 0.500 bits per heavy atom. The average molecular weight is 433 g/mol. The minimum atomic E-state index is -2.96. The van der Waals surface area contributed by atoms with Crippen LogP contribution in [-0.2, 0) is 0 Å². The summed E-state index contributed by atoms with van der Waals surface area (Å²) in [4.78, 5) is 24.7. The lowest BCUT2D eigenvalue weighted by Crippen LogP contribution is -2.71. The van der Waals surface area contributed by atoms with Gasteiger partial charge in [-0.3, -0.25) is 9.59 Å². The minimum absolute atomic E-state index is 0.163. The molecule has 0 saturated carbocycles. The molecule has 154 valence electrons. The molecule has 0 radical (unpaired) electrons. The van der Waals surface area contributed by atoms with Gasteiger partial charge in [0.2, 0.25) is 0 Å². The van der Waals surface area contributed by atoms with Gasteiger partial charge in [0.15, 0.2) is 11.6 Å². The molecule has 0 aromatic heterocycles. The lowest BCUT2D eigenvalue weighted by Gasteiger charge is -2.33. The molecule has 0 saturated heterocycles. The zero-order valence-corrected chi connectivity index (χ0v) is 18.3. The smallest absolute Gasteiger partial charge is 0.346 e. The van der Waals surface area contributed by atoms with Crippen molar-refractivity contribution in [3.05, 3.63) is 132 Å². The van der Waals surface area contributed by atoms with Crippen LogP contribution in [0.3, 0.4) is 0 Å². The number of hydrogen-bond acceptors (Lipinski definition) is 3. The monoisotopic (exact) mass is 432 g/mol. The Bertz CT molecular complexity index is 1220. The average Bonchev–Trinajstić information content (AvgIpc) is 2.86. The zero-order valence-electron chi connectivity index (χ0n) is 17.3. The molecule has 0 fully saturated rings. The van der Waals surface area contributed by atoms with Crippen LogP contribution in [-0.4, -0.2) is 19.9 Å². The molecular formula is C28H20O3Si. The summed E-state index contributed by atoms with van der Waals surface area (Å²) < 4.78 is 6.96. The molecule has 0 unspecified atom stereocenters. The van der Waals surface area contributed by atoms with Gasteiger partial charge in [0, 0.05) is 11.1 Å². The van der Waals surface area contributed by atoms with Crippen molar-refractivity contribution >= 4 is 35.4 Å². The van der Waals surface area contributed by atoms with E-state index in [1.165, 1.54) is 12.2 Å². The second-order valence-electron chi connectivity index (χ2n) is 7.65. The molecule has 1 aliphatic rings. The Hall–Kier alpha value is -4.02. The fourth-order valence-electron chi connectivity index (χ4n) is 4.21. The van der Waals surface area contributed by atoms with Gasteiger partial charge in [0.1, 0.15) is 5.75 Å². The number of carbonyl (C=O) groups excluding carboxylic acids is 2. The second-order valence-corrected chi connectivity index (χ2v) is 10.9. The van der Waals surface area contributed by atoms with E-state index < -0.39 is 8.32 Å². The third-order valence-electron chi connectivity index (χ3n) is 5.72. The van der Waals surface area contributed by atoms with Gasteiger partial charge < -0.3 is 4.43 Å². The molecule has 32 heavy (non-hydrogen) atoms. The number of ketones is 2. The Morgan fingerprint density at radius 2 is 0.938 bits per heavy atom. The van der Waals surface area contributed by atoms with Crippen molar-refractivity contribution < 1.29 is 14.0 Å². The maximum atomic E-state index is 12.5. The van der Waals surface area contributed by atoms with E-state index in [9.17, 15) is 9.59 Å². The van der Waals surface area contributed by atoms with Crippen LogP contribution in [0.2, 0.25) is 0 Å². The van der Waals surface area contributed by atoms with Crippen LogP contribution in [0.5, 0.6) is 5.75 Å². The molecule has 0 amide bonds. The summed E-state index contributed by atoms with van der Waals surface area (Å²) in [6, 6.07) is 35.9. The topological polar surface area (TPSA) is 43.4 Å². The van der Waals surface area contributed by atoms with Gasteiger partial charge in [-0.1, -0.05) is 91.0 Å². The highest BCUT2D eigenvalue weighted by atomic mass is 28.4. The first-order valence-electron chi connectivity index (χ1n) is 10.4. The van der Waals surface area contributed by atoms with E-state index in [-0.39, 0.29) is 11.6 Å². The highest BCUT2D eigenvalue weighted by molar-refractivity contribution is 7.07. The molecule has 3 nitrogen and oxygen atoms in total. The molecule has 1 aliphatic carbocycles. The van der Waals surface area contributed by atoms with Crippen molar-refractivity contribution in [1.29, 1.82) is 0 Å². The fourth-order valence-corrected chi connectivity index (χ4v) is 8.03. The van der Waals surface area contributed by atoms with Crippen molar-refractivity contribution in [2.75, 3.05) is 0 Å². The standard InChI is InChI=1S/C28H20O3Si/c29-27-18-19-28(30)26-20-21(16-17-25(26)27)31-32(22-10-4-1-5-11-22,23-12-6-2-7-13-23)24-14-8-3-9-15-24/h1-20H. The van der Waals surface area contributed by atoms with E-state index in [0.717, 1.165) is 15.6 Å². The summed E-state index contributed by atoms with van der Waals surface area (Å²) in [5.74, 6) is 0.226. The van der Waals surface area contributed by atoms with Crippen LogP contribution in [0.25, 0.3) is 0 Å². The van der Waals surface area contributed by atoms with Gasteiger partial charge in [-0.15, -0.1) is 0 Å². The van der Waals surface area contributed by atoms with Crippen LogP contribution >= 0.6 is 0 Å². The van der Waals surface area contributed by atoms with Gasteiger partial charge >= 0.3 is 8.32 Å². The van der Waals surface area contributed by atoms with Crippen molar-refractivity contribution in [3.63, 3.8) is 0 Å². The van der Waals surface area contributed by atoms with Crippen LogP contribution < -0.4 is 20.0 Å². The lowest BCUT2D eigenvalue weighted by molar-refractivity contribution is 0.0994. The van der Waals surface area contributed by atoms with Gasteiger partial charge in [0.25, 0.3) is 0 Å². The van der Waals surface area contributed by atoms with Crippen LogP contribution in [0, 0.1) is 0 Å². The summed E-state index contributed by atoms with van der Waals surface area (Å²) in [5.41, 5.74) is 0.795. The van der Waals surface area contributed by atoms with Gasteiger partial charge in [-0.25, -0.2) is 0 Å². The van der Waals surface area contributed by atoms with Crippen LogP contribution in [0.1, 0.15) is 20.7 Å². The van der Waals surface area contributed by atoms with Crippen molar-refractivity contribution in [3.8, 4) is 5.75 Å². The first-order valence-corrected chi connectivity index (χ1v) is 12.4. The molecule has 0 atom stereocenters. The Morgan fingerprint density at radius 3 is 1.41 bits per heavy atom. The summed E-state index contributed by atoms with van der Waals surface area (Å²) in [7, 11) is -2.96. The van der Waals surface area contributed by atoms with Crippen LogP contribution in [0.4, 0.5) is 0 Å². The normalized spacial score (nSPS) is 13.0. The van der Waals surface area contributed by atoms with Gasteiger partial charge in [-0.2, -0.15) is 0 Å². The second kappa shape index (κ2) is 8.25. The third kappa shape index (κ3) is 3.41. The van der Waals surface area contributed by atoms with Crippen molar-refractivity contribution in [2.45, 2.75) is 0 Å². The highest BCUT2D eigenvalue weighted by Gasteiger charge is 2.44. The van der Waals surface area contributed by atoms with E-state index in [1.54, 1.807) is 18.2 Å². The molecule has 5 rings (SSSR count).